The molecule has 0 aliphatic rings. The van der Waals surface area contributed by atoms with E-state index in [-0.39, 0.29) is 19.0 Å². The van der Waals surface area contributed by atoms with Crippen LogP contribution in [0.1, 0.15) is 58.3 Å². The van der Waals surface area contributed by atoms with Crippen LogP contribution in [-0.2, 0) is 4.74 Å². The zero-order valence-electron chi connectivity index (χ0n) is 16.4. The second kappa shape index (κ2) is 14.8. The molecule has 0 bridgehead atoms. The molecule has 0 spiro atoms. The van der Waals surface area contributed by atoms with Gasteiger partial charge in [-0.2, -0.15) is 0 Å². The van der Waals surface area contributed by atoms with Crippen molar-refractivity contribution < 1.29 is 29.2 Å². The number of rotatable bonds is 16. The smallest absolute Gasteiger partial charge is 0.123 e. The summed E-state index contributed by atoms with van der Waals surface area (Å²) in [6.45, 7) is 2.80. The van der Waals surface area contributed by atoms with Crippen LogP contribution in [0.2, 0.25) is 0 Å². The topological polar surface area (TPSA) is 79.2 Å². The highest BCUT2D eigenvalue weighted by atomic mass is 19.1. The Labute approximate surface area is 162 Å². The van der Waals surface area contributed by atoms with Crippen LogP contribution in [-0.4, -0.2) is 53.5 Å². The number of aliphatic hydroxyl groups excluding tert-OH is 3. The lowest BCUT2D eigenvalue weighted by molar-refractivity contribution is -0.0389. The van der Waals surface area contributed by atoms with Gasteiger partial charge in [0.2, 0.25) is 0 Å². The number of ether oxygens (including phenoxy) is 2. The van der Waals surface area contributed by atoms with Gasteiger partial charge in [-0.3, -0.25) is 0 Å². The van der Waals surface area contributed by atoms with Crippen LogP contribution in [0.4, 0.5) is 4.39 Å². The van der Waals surface area contributed by atoms with Gasteiger partial charge >= 0.3 is 0 Å². The quantitative estimate of drug-likeness (QED) is 0.379. The summed E-state index contributed by atoms with van der Waals surface area (Å²) in [4.78, 5) is 0. The Balaban J connectivity index is 1.93. The van der Waals surface area contributed by atoms with Gasteiger partial charge in [0.25, 0.3) is 0 Å². The number of unbranched alkanes of at least 4 members (excludes halogenated alkanes) is 5. The maximum absolute atomic E-state index is 12.8. The lowest BCUT2D eigenvalue weighted by atomic mass is 10.0. The van der Waals surface area contributed by atoms with Crippen molar-refractivity contribution in [2.45, 2.75) is 76.6 Å². The van der Waals surface area contributed by atoms with Crippen molar-refractivity contribution in [3.05, 3.63) is 30.1 Å². The predicted molar refractivity (Wildman–Crippen MR) is 103 cm³/mol. The summed E-state index contributed by atoms with van der Waals surface area (Å²) in [6, 6.07) is 5.77. The van der Waals surface area contributed by atoms with E-state index in [0.717, 1.165) is 38.5 Å². The Kier molecular flexibility index (Phi) is 13.1. The van der Waals surface area contributed by atoms with E-state index < -0.39 is 18.3 Å². The van der Waals surface area contributed by atoms with E-state index in [1.54, 1.807) is 12.1 Å². The van der Waals surface area contributed by atoms with E-state index in [9.17, 15) is 19.7 Å². The Morgan fingerprint density at radius 2 is 1.41 bits per heavy atom. The second-order valence-corrected chi connectivity index (χ2v) is 6.91. The summed E-state index contributed by atoms with van der Waals surface area (Å²) in [5.74, 6) is 0.253. The van der Waals surface area contributed by atoms with Crippen molar-refractivity contribution in [3.8, 4) is 5.75 Å². The summed E-state index contributed by atoms with van der Waals surface area (Å²) < 4.78 is 23.3. The monoisotopic (exact) mass is 386 g/mol. The normalized spacial score (nSPS) is 14.7. The molecule has 6 heteroatoms. The summed E-state index contributed by atoms with van der Waals surface area (Å²) in [5.41, 5.74) is 0. The lowest BCUT2D eigenvalue weighted by Crippen LogP contribution is -2.30. The summed E-state index contributed by atoms with van der Waals surface area (Å²) in [6.07, 6.45) is 5.30. The van der Waals surface area contributed by atoms with Gasteiger partial charge < -0.3 is 24.8 Å². The molecule has 0 aromatic heterocycles. The van der Waals surface area contributed by atoms with Crippen LogP contribution in [0.15, 0.2) is 24.3 Å². The second-order valence-electron chi connectivity index (χ2n) is 6.91. The SMILES string of the molecule is CCOC[C@H](O)[C@@H](O)CCCCCCCC[C@H](O)COc1ccc(F)cc1. The first-order valence-electron chi connectivity index (χ1n) is 10.0. The molecular weight excluding hydrogens is 351 g/mol. The van der Waals surface area contributed by atoms with Crippen LogP contribution in [0.3, 0.4) is 0 Å². The van der Waals surface area contributed by atoms with Gasteiger partial charge in [0.15, 0.2) is 0 Å². The molecule has 0 heterocycles. The van der Waals surface area contributed by atoms with Crippen molar-refractivity contribution in [2.24, 2.45) is 0 Å². The fourth-order valence-electron chi connectivity index (χ4n) is 2.79. The van der Waals surface area contributed by atoms with Gasteiger partial charge in [-0.15, -0.1) is 0 Å². The van der Waals surface area contributed by atoms with Crippen molar-refractivity contribution >= 4 is 0 Å². The van der Waals surface area contributed by atoms with E-state index >= 15 is 0 Å². The minimum atomic E-state index is -0.802. The molecule has 0 radical (unpaired) electrons. The first-order chi connectivity index (χ1) is 13.0. The van der Waals surface area contributed by atoms with Crippen molar-refractivity contribution in [1.82, 2.24) is 0 Å². The number of hydrogen-bond donors (Lipinski definition) is 3. The molecule has 1 rings (SSSR count). The van der Waals surface area contributed by atoms with Gasteiger partial charge in [-0.1, -0.05) is 38.5 Å². The third-order valence-electron chi connectivity index (χ3n) is 4.48. The zero-order chi connectivity index (χ0) is 19.9. The third kappa shape index (κ3) is 12.0. The summed E-state index contributed by atoms with van der Waals surface area (Å²) in [7, 11) is 0. The average molecular weight is 387 g/mol. The van der Waals surface area contributed by atoms with Crippen LogP contribution < -0.4 is 4.74 Å². The predicted octanol–water partition coefficient (Wildman–Crippen LogP) is 3.44. The molecule has 0 aliphatic carbocycles. The van der Waals surface area contributed by atoms with Crippen molar-refractivity contribution in [3.63, 3.8) is 0 Å². The van der Waals surface area contributed by atoms with Crippen molar-refractivity contribution in [1.29, 1.82) is 0 Å². The van der Waals surface area contributed by atoms with Crippen LogP contribution in [0.5, 0.6) is 5.75 Å². The maximum Gasteiger partial charge on any atom is 0.123 e. The van der Waals surface area contributed by atoms with E-state index in [0.29, 0.717) is 25.2 Å². The molecule has 0 saturated heterocycles. The fourth-order valence-corrected chi connectivity index (χ4v) is 2.79. The van der Waals surface area contributed by atoms with E-state index in [2.05, 4.69) is 0 Å². The first-order valence-corrected chi connectivity index (χ1v) is 10.0. The summed E-state index contributed by atoms with van der Waals surface area (Å²) >= 11 is 0. The van der Waals surface area contributed by atoms with E-state index in [1.165, 1.54) is 12.1 Å². The molecule has 0 amide bonds. The van der Waals surface area contributed by atoms with Crippen molar-refractivity contribution in [2.75, 3.05) is 19.8 Å². The number of hydrogen-bond acceptors (Lipinski definition) is 5. The van der Waals surface area contributed by atoms with E-state index in [4.69, 9.17) is 9.47 Å². The molecule has 5 nitrogen and oxygen atoms in total. The third-order valence-corrected chi connectivity index (χ3v) is 4.48. The largest absolute Gasteiger partial charge is 0.491 e. The zero-order valence-corrected chi connectivity index (χ0v) is 16.4. The van der Waals surface area contributed by atoms with Gasteiger partial charge in [-0.25, -0.2) is 4.39 Å². The maximum atomic E-state index is 12.8. The Morgan fingerprint density at radius 3 is 2.04 bits per heavy atom. The number of benzene rings is 1. The Bertz CT molecular complexity index is 468. The van der Waals surface area contributed by atoms with E-state index in [1.807, 2.05) is 6.92 Å². The highest BCUT2D eigenvalue weighted by Crippen LogP contribution is 2.14. The molecule has 3 atom stereocenters. The molecule has 27 heavy (non-hydrogen) atoms. The Morgan fingerprint density at radius 1 is 0.815 bits per heavy atom. The highest BCUT2D eigenvalue weighted by Gasteiger charge is 2.15. The number of aliphatic hydroxyl groups is 3. The fraction of sp³-hybridized carbons (Fsp3) is 0.714. The van der Waals surface area contributed by atoms with Crippen LogP contribution in [0, 0.1) is 5.82 Å². The Hall–Kier alpha value is -1.21. The molecule has 0 unspecified atom stereocenters. The molecular formula is C21H35FO5. The lowest BCUT2D eigenvalue weighted by Gasteiger charge is -2.17. The average Bonchev–Trinajstić information content (AvgIpc) is 2.67. The van der Waals surface area contributed by atoms with Gasteiger partial charge in [0.05, 0.1) is 18.8 Å². The molecule has 0 saturated carbocycles. The van der Waals surface area contributed by atoms with Crippen LogP contribution >= 0.6 is 0 Å². The minimum Gasteiger partial charge on any atom is -0.491 e. The molecule has 0 aliphatic heterocycles. The molecule has 0 fully saturated rings. The summed E-state index contributed by atoms with van der Waals surface area (Å²) in [5, 5.41) is 29.4. The highest BCUT2D eigenvalue weighted by molar-refractivity contribution is 5.22. The standard InChI is InChI=1S/C21H35FO5/c1-2-26-16-21(25)20(24)10-8-6-4-3-5-7-9-18(23)15-27-19-13-11-17(22)12-14-19/h11-14,18,20-21,23-25H,2-10,15-16H2,1H3/t18-,20-,21-/m0/s1. The van der Waals surface area contributed by atoms with Gasteiger partial charge in [0.1, 0.15) is 24.3 Å². The molecule has 1 aromatic rings. The molecule has 3 N–H and O–H groups in total. The van der Waals surface area contributed by atoms with Gasteiger partial charge in [-0.05, 0) is 44.0 Å². The van der Waals surface area contributed by atoms with Crippen LogP contribution in [0.25, 0.3) is 0 Å². The number of halogens is 1. The van der Waals surface area contributed by atoms with Gasteiger partial charge in [0, 0.05) is 6.61 Å². The molecule has 1 aromatic carbocycles. The first kappa shape index (κ1) is 23.8. The molecule has 156 valence electrons. The minimum absolute atomic E-state index is 0.185.